The number of aliphatic hydroxyl groups excluding tert-OH is 4. The van der Waals surface area contributed by atoms with Crippen molar-refractivity contribution in [2.24, 2.45) is 0 Å². The first-order valence-corrected chi connectivity index (χ1v) is 11.3. The van der Waals surface area contributed by atoms with Gasteiger partial charge in [0.1, 0.15) is 41.5 Å². The Hall–Kier alpha value is -3.15. The minimum Gasteiger partial charge on any atom is -0.462 e. The van der Waals surface area contributed by atoms with E-state index in [0.29, 0.717) is 45.8 Å². The molecule has 5 rings (SSSR count). The Bertz CT molecular complexity index is 1310. The molecule has 2 aliphatic rings. The van der Waals surface area contributed by atoms with E-state index in [1.165, 1.54) is 6.07 Å². The summed E-state index contributed by atoms with van der Waals surface area (Å²) in [6, 6.07) is 8.46. The van der Waals surface area contributed by atoms with Crippen molar-refractivity contribution in [1.29, 1.82) is 0 Å². The normalized spacial score (nSPS) is 25.7. The predicted octanol–water partition coefficient (Wildman–Crippen LogP) is 1.24. The highest BCUT2D eigenvalue weighted by atomic mass is 16.7. The molecule has 186 valence electrons. The second-order valence-corrected chi connectivity index (χ2v) is 8.56. The highest BCUT2D eigenvalue weighted by Gasteiger charge is 2.45. The lowest BCUT2D eigenvalue weighted by Gasteiger charge is -2.39. The van der Waals surface area contributed by atoms with Crippen LogP contribution < -0.4 is 19.6 Å². The molecule has 10 nitrogen and oxygen atoms in total. The SMILES string of the molecule is CCc1cc2c(=O)c(-c3ccc4c(c3)OCO4)c(C)oc2cc1O[C@@H]1O[C@@H](CO)[C@@H](O)[C@H](O)[C@H]1O. The fourth-order valence-corrected chi connectivity index (χ4v) is 4.44. The molecule has 3 aromatic rings. The molecule has 0 aliphatic carbocycles. The van der Waals surface area contributed by atoms with Crippen molar-refractivity contribution < 1.29 is 43.8 Å². The minimum absolute atomic E-state index is 0.126. The molecule has 1 aromatic heterocycles. The molecule has 0 radical (unpaired) electrons. The quantitative estimate of drug-likeness (QED) is 0.415. The monoisotopic (exact) mass is 486 g/mol. The Kier molecular flexibility index (Phi) is 6.16. The molecule has 2 aromatic carbocycles. The average Bonchev–Trinajstić information content (AvgIpc) is 3.32. The molecular weight excluding hydrogens is 460 g/mol. The summed E-state index contributed by atoms with van der Waals surface area (Å²) in [7, 11) is 0. The first-order valence-electron chi connectivity index (χ1n) is 11.3. The van der Waals surface area contributed by atoms with Crippen LogP contribution in [0, 0.1) is 6.92 Å². The maximum atomic E-state index is 13.5. The van der Waals surface area contributed by atoms with E-state index >= 15 is 0 Å². The van der Waals surface area contributed by atoms with Crippen LogP contribution in [0.2, 0.25) is 0 Å². The molecule has 0 saturated carbocycles. The Labute approximate surface area is 199 Å². The van der Waals surface area contributed by atoms with Crippen molar-refractivity contribution in [3.63, 3.8) is 0 Å². The summed E-state index contributed by atoms with van der Waals surface area (Å²) in [6.07, 6.45) is -6.60. The number of aliphatic hydroxyl groups is 4. The first-order chi connectivity index (χ1) is 16.8. The molecule has 0 unspecified atom stereocenters. The fourth-order valence-electron chi connectivity index (χ4n) is 4.44. The number of rotatable bonds is 5. The molecule has 1 saturated heterocycles. The van der Waals surface area contributed by atoms with Gasteiger partial charge in [0.05, 0.1) is 17.6 Å². The molecule has 2 aliphatic heterocycles. The lowest BCUT2D eigenvalue weighted by Crippen LogP contribution is -2.60. The van der Waals surface area contributed by atoms with Gasteiger partial charge < -0.3 is 43.8 Å². The number of hydrogen-bond acceptors (Lipinski definition) is 10. The lowest BCUT2D eigenvalue weighted by molar-refractivity contribution is -0.277. The summed E-state index contributed by atoms with van der Waals surface area (Å²) < 4.78 is 28.1. The summed E-state index contributed by atoms with van der Waals surface area (Å²) in [5.41, 5.74) is 1.73. The zero-order valence-electron chi connectivity index (χ0n) is 19.1. The summed E-state index contributed by atoms with van der Waals surface area (Å²) in [5.74, 6) is 1.84. The van der Waals surface area contributed by atoms with Crippen LogP contribution in [0.5, 0.6) is 17.2 Å². The molecule has 35 heavy (non-hydrogen) atoms. The van der Waals surface area contributed by atoms with E-state index in [9.17, 15) is 25.2 Å². The third kappa shape index (κ3) is 4.03. The van der Waals surface area contributed by atoms with Gasteiger partial charge in [-0.15, -0.1) is 0 Å². The van der Waals surface area contributed by atoms with Crippen molar-refractivity contribution in [3.05, 3.63) is 51.9 Å². The van der Waals surface area contributed by atoms with E-state index in [0.717, 1.165) is 0 Å². The predicted molar refractivity (Wildman–Crippen MR) is 123 cm³/mol. The van der Waals surface area contributed by atoms with Crippen LogP contribution in [0.15, 0.2) is 39.5 Å². The van der Waals surface area contributed by atoms with Crippen LogP contribution in [-0.4, -0.2) is 64.5 Å². The Balaban J connectivity index is 1.54. The molecule has 0 spiro atoms. The Morgan fingerprint density at radius 3 is 2.54 bits per heavy atom. The summed E-state index contributed by atoms with van der Waals surface area (Å²) in [5, 5.41) is 40.2. The van der Waals surface area contributed by atoms with Gasteiger partial charge in [0, 0.05) is 6.07 Å². The van der Waals surface area contributed by atoms with Crippen LogP contribution in [0.4, 0.5) is 0 Å². The number of benzene rings is 2. The summed E-state index contributed by atoms with van der Waals surface area (Å²) in [4.78, 5) is 13.5. The fraction of sp³-hybridized carbons (Fsp3) is 0.400. The van der Waals surface area contributed by atoms with Gasteiger partial charge in [0.25, 0.3) is 0 Å². The van der Waals surface area contributed by atoms with Gasteiger partial charge in [-0.25, -0.2) is 0 Å². The van der Waals surface area contributed by atoms with Crippen LogP contribution in [0.25, 0.3) is 22.1 Å². The first kappa shape index (κ1) is 23.6. The van der Waals surface area contributed by atoms with Gasteiger partial charge in [-0.1, -0.05) is 13.0 Å². The van der Waals surface area contributed by atoms with E-state index in [-0.39, 0.29) is 23.6 Å². The molecule has 4 N–H and O–H groups in total. The smallest absolute Gasteiger partial charge is 0.231 e. The summed E-state index contributed by atoms with van der Waals surface area (Å²) in [6.45, 7) is 3.11. The van der Waals surface area contributed by atoms with E-state index in [2.05, 4.69) is 0 Å². The van der Waals surface area contributed by atoms with Crippen molar-refractivity contribution in [2.45, 2.75) is 51.0 Å². The van der Waals surface area contributed by atoms with Crippen molar-refractivity contribution in [3.8, 4) is 28.4 Å². The maximum Gasteiger partial charge on any atom is 0.231 e. The van der Waals surface area contributed by atoms with Crippen LogP contribution >= 0.6 is 0 Å². The summed E-state index contributed by atoms with van der Waals surface area (Å²) >= 11 is 0. The van der Waals surface area contributed by atoms with Gasteiger partial charge >= 0.3 is 0 Å². The lowest BCUT2D eigenvalue weighted by atomic mass is 9.99. The van der Waals surface area contributed by atoms with E-state index in [4.69, 9.17) is 23.4 Å². The highest BCUT2D eigenvalue weighted by molar-refractivity contribution is 5.85. The zero-order valence-corrected chi connectivity index (χ0v) is 19.1. The van der Waals surface area contributed by atoms with Crippen LogP contribution in [-0.2, 0) is 11.2 Å². The van der Waals surface area contributed by atoms with Crippen LogP contribution in [0.1, 0.15) is 18.2 Å². The maximum absolute atomic E-state index is 13.5. The molecular formula is C25H26O10. The van der Waals surface area contributed by atoms with Crippen molar-refractivity contribution in [1.82, 2.24) is 0 Å². The van der Waals surface area contributed by atoms with Gasteiger partial charge in [-0.3, -0.25) is 4.79 Å². The Morgan fingerprint density at radius 1 is 1.03 bits per heavy atom. The molecule has 5 atom stereocenters. The van der Waals surface area contributed by atoms with Gasteiger partial charge in [0.15, 0.2) is 11.5 Å². The number of hydrogen-bond donors (Lipinski definition) is 4. The molecule has 0 amide bonds. The van der Waals surface area contributed by atoms with Gasteiger partial charge in [0.2, 0.25) is 18.5 Å². The van der Waals surface area contributed by atoms with E-state index in [1.54, 1.807) is 31.2 Å². The molecule has 3 heterocycles. The van der Waals surface area contributed by atoms with E-state index in [1.807, 2.05) is 6.92 Å². The second kappa shape index (κ2) is 9.14. The average molecular weight is 486 g/mol. The minimum atomic E-state index is -1.57. The van der Waals surface area contributed by atoms with Crippen molar-refractivity contribution >= 4 is 11.0 Å². The van der Waals surface area contributed by atoms with Gasteiger partial charge in [-0.2, -0.15) is 0 Å². The number of aryl methyl sites for hydroxylation is 2. The van der Waals surface area contributed by atoms with Gasteiger partial charge in [-0.05, 0) is 42.7 Å². The second-order valence-electron chi connectivity index (χ2n) is 8.56. The zero-order chi connectivity index (χ0) is 24.9. The third-order valence-corrected chi connectivity index (χ3v) is 6.38. The van der Waals surface area contributed by atoms with Crippen LogP contribution in [0.3, 0.4) is 0 Å². The number of ether oxygens (including phenoxy) is 4. The Morgan fingerprint density at radius 2 is 1.80 bits per heavy atom. The number of fused-ring (bicyclic) bond motifs is 2. The molecule has 1 fully saturated rings. The standard InChI is InChI=1S/C25H26O10/c1-3-12-6-14-17(8-16(12)34-25-24(30)23(29)22(28)19(9-26)35-25)33-11(2)20(21(14)27)13-4-5-15-18(7-13)32-10-31-15/h4-8,19,22-26,28-30H,3,9-10H2,1-2H3/t19-,22+,23-,24+,25+/m0/s1. The highest BCUT2D eigenvalue weighted by Crippen LogP contribution is 2.37. The largest absolute Gasteiger partial charge is 0.462 e. The van der Waals surface area contributed by atoms with Crippen molar-refractivity contribution in [2.75, 3.05) is 13.4 Å². The van der Waals surface area contributed by atoms with E-state index < -0.39 is 37.3 Å². The third-order valence-electron chi connectivity index (χ3n) is 6.38. The molecule has 0 bridgehead atoms. The topological polar surface area (TPSA) is 148 Å². The molecule has 10 heteroatoms.